The highest BCUT2D eigenvalue weighted by atomic mass is 79.9. The summed E-state index contributed by atoms with van der Waals surface area (Å²) >= 11 is 4.82. The summed E-state index contributed by atoms with van der Waals surface area (Å²) in [4.78, 5) is 12.8. The first kappa shape index (κ1) is 14.2. The van der Waals surface area contributed by atoms with E-state index in [0.717, 1.165) is 14.9 Å². The summed E-state index contributed by atoms with van der Waals surface area (Å²) in [7, 11) is 0. The van der Waals surface area contributed by atoms with Crippen molar-refractivity contribution < 1.29 is 9.90 Å². The maximum Gasteiger partial charge on any atom is 0.251 e. The van der Waals surface area contributed by atoms with E-state index in [0.29, 0.717) is 5.56 Å². The molecule has 0 saturated heterocycles. The molecule has 2 N–H and O–H groups in total. The molecule has 1 aromatic heterocycles. The molecule has 100 valence electrons. The Morgan fingerprint density at radius 1 is 1.47 bits per heavy atom. The summed E-state index contributed by atoms with van der Waals surface area (Å²) in [6.07, 6.45) is -0.656. The van der Waals surface area contributed by atoms with Crippen molar-refractivity contribution in [1.29, 1.82) is 0 Å². The molecular weight excluding hydrogens is 326 g/mol. The van der Waals surface area contributed by atoms with Gasteiger partial charge in [-0.25, -0.2) is 0 Å². The first-order valence-electron chi connectivity index (χ1n) is 5.83. The van der Waals surface area contributed by atoms with Crippen LogP contribution in [0.25, 0.3) is 0 Å². The van der Waals surface area contributed by atoms with Crippen molar-refractivity contribution in [1.82, 2.24) is 5.32 Å². The van der Waals surface area contributed by atoms with Crippen molar-refractivity contribution in [2.75, 3.05) is 6.54 Å². The molecule has 0 radical (unpaired) electrons. The minimum atomic E-state index is -0.656. The van der Waals surface area contributed by atoms with E-state index in [4.69, 9.17) is 0 Å². The predicted molar refractivity (Wildman–Crippen MR) is 80.5 cm³/mol. The van der Waals surface area contributed by atoms with Crippen LogP contribution in [0.2, 0.25) is 0 Å². The van der Waals surface area contributed by atoms with Gasteiger partial charge in [0.1, 0.15) is 6.10 Å². The summed E-state index contributed by atoms with van der Waals surface area (Å²) in [5.41, 5.74) is 1.62. The van der Waals surface area contributed by atoms with Gasteiger partial charge in [0.05, 0.1) is 0 Å². The van der Waals surface area contributed by atoms with E-state index in [1.807, 2.05) is 24.4 Å². The molecule has 0 aliphatic carbocycles. The molecule has 0 fully saturated rings. The van der Waals surface area contributed by atoms with Crippen molar-refractivity contribution in [2.24, 2.45) is 0 Å². The lowest BCUT2D eigenvalue weighted by atomic mass is 10.2. The Morgan fingerprint density at radius 3 is 2.89 bits per heavy atom. The Hall–Kier alpha value is -1.17. The summed E-state index contributed by atoms with van der Waals surface area (Å²) in [6.45, 7) is 2.16. The molecule has 0 bridgehead atoms. The number of amides is 1. The lowest BCUT2D eigenvalue weighted by Crippen LogP contribution is -2.28. The van der Waals surface area contributed by atoms with Crippen molar-refractivity contribution >= 4 is 33.2 Å². The highest BCUT2D eigenvalue weighted by molar-refractivity contribution is 9.10. The molecule has 0 aliphatic rings. The van der Waals surface area contributed by atoms with Crippen molar-refractivity contribution in [3.8, 4) is 0 Å². The topological polar surface area (TPSA) is 49.3 Å². The van der Waals surface area contributed by atoms with Gasteiger partial charge in [0.2, 0.25) is 0 Å². The van der Waals surface area contributed by atoms with Gasteiger partial charge in [0.25, 0.3) is 5.91 Å². The SMILES string of the molecule is Cc1ccsc1C(O)CNC(=O)c1cccc(Br)c1. The number of rotatable bonds is 4. The van der Waals surface area contributed by atoms with E-state index in [-0.39, 0.29) is 12.5 Å². The first-order valence-corrected chi connectivity index (χ1v) is 7.51. The van der Waals surface area contributed by atoms with Gasteiger partial charge in [0, 0.05) is 21.5 Å². The van der Waals surface area contributed by atoms with E-state index in [1.165, 1.54) is 11.3 Å². The van der Waals surface area contributed by atoms with Crippen LogP contribution in [0.4, 0.5) is 0 Å². The fourth-order valence-electron chi connectivity index (χ4n) is 1.74. The molecule has 0 aliphatic heterocycles. The number of benzene rings is 1. The van der Waals surface area contributed by atoms with Crippen LogP contribution in [0.5, 0.6) is 0 Å². The van der Waals surface area contributed by atoms with Crippen LogP contribution >= 0.6 is 27.3 Å². The summed E-state index contributed by atoms with van der Waals surface area (Å²) in [6, 6.07) is 9.11. The number of hydrogen-bond donors (Lipinski definition) is 2. The van der Waals surface area contributed by atoms with Gasteiger partial charge in [-0.1, -0.05) is 22.0 Å². The zero-order valence-electron chi connectivity index (χ0n) is 10.4. The molecule has 1 heterocycles. The van der Waals surface area contributed by atoms with Crippen LogP contribution in [0.15, 0.2) is 40.2 Å². The number of carbonyl (C=O) groups is 1. The standard InChI is InChI=1S/C14H14BrNO2S/c1-9-5-6-19-13(9)12(17)8-16-14(18)10-3-2-4-11(15)7-10/h2-7,12,17H,8H2,1H3,(H,16,18). The maximum absolute atomic E-state index is 11.9. The van der Waals surface area contributed by atoms with Crippen molar-refractivity contribution in [3.63, 3.8) is 0 Å². The molecular formula is C14H14BrNO2S. The quantitative estimate of drug-likeness (QED) is 0.897. The largest absolute Gasteiger partial charge is 0.386 e. The zero-order chi connectivity index (χ0) is 13.8. The molecule has 1 amide bonds. The second-order valence-electron chi connectivity index (χ2n) is 4.20. The fraction of sp³-hybridized carbons (Fsp3) is 0.214. The van der Waals surface area contributed by atoms with Crippen LogP contribution in [0.1, 0.15) is 26.9 Å². The van der Waals surface area contributed by atoms with Crippen molar-refractivity contribution in [3.05, 3.63) is 56.2 Å². The molecule has 1 unspecified atom stereocenters. The zero-order valence-corrected chi connectivity index (χ0v) is 12.8. The Morgan fingerprint density at radius 2 is 2.26 bits per heavy atom. The Kier molecular flexibility index (Phi) is 4.74. The van der Waals surface area contributed by atoms with Crippen LogP contribution in [-0.2, 0) is 0 Å². The third-order valence-corrected chi connectivity index (χ3v) is 4.36. The average molecular weight is 340 g/mol. The summed E-state index contributed by atoms with van der Waals surface area (Å²) in [5.74, 6) is -0.186. The number of thiophene rings is 1. The molecule has 2 rings (SSSR count). The van der Waals surface area contributed by atoms with Gasteiger partial charge < -0.3 is 10.4 Å². The minimum absolute atomic E-state index is 0.186. The van der Waals surface area contributed by atoms with E-state index in [1.54, 1.807) is 18.2 Å². The van der Waals surface area contributed by atoms with Gasteiger partial charge in [-0.05, 0) is 42.1 Å². The average Bonchev–Trinajstić information content (AvgIpc) is 2.82. The predicted octanol–water partition coefficient (Wildman–Crippen LogP) is 3.28. The van der Waals surface area contributed by atoms with Crippen LogP contribution in [-0.4, -0.2) is 17.6 Å². The van der Waals surface area contributed by atoms with Crippen LogP contribution in [0.3, 0.4) is 0 Å². The second-order valence-corrected chi connectivity index (χ2v) is 6.07. The normalized spacial score (nSPS) is 12.2. The number of aryl methyl sites for hydroxylation is 1. The number of hydrogen-bond acceptors (Lipinski definition) is 3. The van der Waals surface area contributed by atoms with E-state index < -0.39 is 6.10 Å². The number of carbonyl (C=O) groups excluding carboxylic acids is 1. The lowest BCUT2D eigenvalue weighted by Gasteiger charge is -2.11. The number of aliphatic hydroxyl groups is 1. The van der Waals surface area contributed by atoms with E-state index >= 15 is 0 Å². The molecule has 2 aromatic rings. The Balaban J connectivity index is 1.96. The van der Waals surface area contributed by atoms with Gasteiger partial charge in [0.15, 0.2) is 0 Å². The molecule has 3 nitrogen and oxygen atoms in total. The number of halogens is 1. The van der Waals surface area contributed by atoms with Gasteiger partial charge in [-0.3, -0.25) is 4.79 Å². The molecule has 0 saturated carbocycles. The van der Waals surface area contributed by atoms with Crippen LogP contribution < -0.4 is 5.32 Å². The van der Waals surface area contributed by atoms with Gasteiger partial charge in [-0.2, -0.15) is 0 Å². The molecule has 0 spiro atoms. The lowest BCUT2D eigenvalue weighted by molar-refractivity contribution is 0.0917. The highest BCUT2D eigenvalue weighted by Crippen LogP contribution is 2.23. The molecule has 19 heavy (non-hydrogen) atoms. The number of nitrogens with one attached hydrogen (secondary N) is 1. The smallest absolute Gasteiger partial charge is 0.251 e. The third-order valence-electron chi connectivity index (χ3n) is 2.75. The minimum Gasteiger partial charge on any atom is -0.386 e. The fourth-order valence-corrected chi connectivity index (χ4v) is 3.05. The summed E-state index contributed by atoms with van der Waals surface area (Å²) in [5, 5.41) is 14.7. The van der Waals surface area contributed by atoms with E-state index in [2.05, 4.69) is 21.2 Å². The van der Waals surface area contributed by atoms with Crippen LogP contribution in [0, 0.1) is 6.92 Å². The monoisotopic (exact) mass is 339 g/mol. The molecule has 1 atom stereocenters. The van der Waals surface area contributed by atoms with Gasteiger partial charge in [-0.15, -0.1) is 11.3 Å². The second kappa shape index (κ2) is 6.32. The first-order chi connectivity index (χ1) is 9.08. The van der Waals surface area contributed by atoms with Gasteiger partial charge >= 0.3 is 0 Å². The number of aliphatic hydroxyl groups excluding tert-OH is 1. The molecule has 5 heteroatoms. The Labute approximate surface area is 124 Å². The highest BCUT2D eigenvalue weighted by Gasteiger charge is 2.13. The van der Waals surface area contributed by atoms with Crippen molar-refractivity contribution in [2.45, 2.75) is 13.0 Å². The van der Waals surface area contributed by atoms with E-state index in [9.17, 15) is 9.90 Å². The summed E-state index contributed by atoms with van der Waals surface area (Å²) < 4.78 is 0.856. The molecule has 1 aromatic carbocycles. The third kappa shape index (κ3) is 3.65. The maximum atomic E-state index is 11.9. The Bertz CT molecular complexity index is 582.